The molecule has 5 nitrogen and oxygen atoms in total. The molecule has 2 amide bonds. The number of hydrogen-bond donors (Lipinski definition) is 3. The quantitative estimate of drug-likeness (QED) is 0.782. The van der Waals surface area contributed by atoms with E-state index in [-0.39, 0.29) is 24.3 Å². The number of nitrogens with one attached hydrogen (secondary N) is 3. The normalized spacial score (nSPS) is 17.6. The summed E-state index contributed by atoms with van der Waals surface area (Å²) < 4.78 is 0. The Balaban J connectivity index is 1.88. The van der Waals surface area contributed by atoms with E-state index in [9.17, 15) is 9.59 Å². The Morgan fingerprint density at radius 1 is 1.24 bits per heavy atom. The van der Waals surface area contributed by atoms with Gasteiger partial charge < -0.3 is 16.0 Å². The summed E-state index contributed by atoms with van der Waals surface area (Å²) in [6.07, 6.45) is 0.837. The molecule has 0 saturated carbocycles. The number of rotatable bonds is 4. The fourth-order valence-corrected chi connectivity index (χ4v) is 2.75. The molecule has 0 bridgehead atoms. The van der Waals surface area contributed by atoms with Gasteiger partial charge in [0.25, 0.3) is 0 Å². The van der Waals surface area contributed by atoms with Crippen LogP contribution < -0.4 is 16.0 Å². The van der Waals surface area contributed by atoms with Gasteiger partial charge in [0, 0.05) is 12.2 Å². The molecule has 21 heavy (non-hydrogen) atoms. The zero-order valence-electron chi connectivity index (χ0n) is 12.9. The van der Waals surface area contributed by atoms with Crippen molar-refractivity contribution in [1.29, 1.82) is 0 Å². The van der Waals surface area contributed by atoms with Crippen molar-refractivity contribution in [2.45, 2.75) is 27.2 Å². The second-order valence-electron chi connectivity index (χ2n) is 5.73. The van der Waals surface area contributed by atoms with Crippen LogP contribution in [0, 0.1) is 26.7 Å². The van der Waals surface area contributed by atoms with Gasteiger partial charge in [-0.3, -0.25) is 9.59 Å². The summed E-state index contributed by atoms with van der Waals surface area (Å²) in [6, 6.07) is 4.07. The molecule has 114 valence electrons. The van der Waals surface area contributed by atoms with Crippen LogP contribution in [0.1, 0.15) is 23.1 Å². The minimum absolute atomic E-state index is 0.0133. The van der Waals surface area contributed by atoms with Gasteiger partial charge in [0.15, 0.2) is 0 Å². The zero-order chi connectivity index (χ0) is 15.4. The molecule has 1 fully saturated rings. The second kappa shape index (κ2) is 6.72. The second-order valence-corrected chi connectivity index (χ2v) is 5.73. The lowest BCUT2D eigenvalue weighted by Gasteiger charge is -2.14. The number of carbonyl (C=O) groups excluding carboxylic acids is 2. The fourth-order valence-electron chi connectivity index (χ4n) is 2.75. The van der Waals surface area contributed by atoms with Crippen LogP contribution in [0.2, 0.25) is 0 Å². The van der Waals surface area contributed by atoms with E-state index in [1.807, 2.05) is 32.9 Å². The van der Waals surface area contributed by atoms with Gasteiger partial charge in [-0.1, -0.05) is 17.7 Å². The van der Waals surface area contributed by atoms with Gasteiger partial charge in [0.1, 0.15) is 0 Å². The predicted octanol–water partition coefficient (Wildman–Crippen LogP) is 1.28. The highest BCUT2D eigenvalue weighted by Crippen LogP contribution is 2.21. The summed E-state index contributed by atoms with van der Waals surface area (Å²) in [6.45, 7) is 7.55. The molecule has 1 atom stereocenters. The average Bonchev–Trinajstić information content (AvgIpc) is 2.94. The lowest BCUT2D eigenvalue weighted by Crippen LogP contribution is -2.37. The van der Waals surface area contributed by atoms with Gasteiger partial charge >= 0.3 is 0 Å². The molecule has 1 aromatic carbocycles. The molecular formula is C16H23N3O2. The van der Waals surface area contributed by atoms with Crippen LogP contribution in [0.25, 0.3) is 0 Å². The van der Waals surface area contributed by atoms with Gasteiger partial charge in [-0.2, -0.15) is 0 Å². The van der Waals surface area contributed by atoms with Gasteiger partial charge in [0.05, 0.1) is 12.5 Å². The molecule has 1 aromatic rings. The molecule has 0 spiro atoms. The third-order valence-electron chi connectivity index (χ3n) is 3.80. The first kappa shape index (κ1) is 15.5. The van der Waals surface area contributed by atoms with Crippen molar-refractivity contribution in [3.05, 3.63) is 28.8 Å². The third-order valence-corrected chi connectivity index (χ3v) is 3.80. The maximum absolute atomic E-state index is 12.0. The van der Waals surface area contributed by atoms with Crippen molar-refractivity contribution in [3.8, 4) is 0 Å². The minimum Gasteiger partial charge on any atom is -0.347 e. The van der Waals surface area contributed by atoms with E-state index in [1.54, 1.807) is 0 Å². The molecular weight excluding hydrogens is 266 g/mol. The van der Waals surface area contributed by atoms with Crippen molar-refractivity contribution < 1.29 is 9.59 Å². The van der Waals surface area contributed by atoms with Crippen molar-refractivity contribution in [1.82, 2.24) is 10.6 Å². The van der Waals surface area contributed by atoms with Crippen LogP contribution in [0.5, 0.6) is 0 Å². The average molecular weight is 289 g/mol. The summed E-state index contributed by atoms with van der Waals surface area (Å²) >= 11 is 0. The number of benzene rings is 1. The first-order valence-electron chi connectivity index (χ1n) is 7.33. The zero-order valence-corrected chi connectivity index (χ0v) is 12.9. The molecule has 1 unspecified atom stereocenters. The molecule has 1 heterocycles. The van der Waals surface area contributed by atoms with Crippen LogP contribution in [0.15, 0.2) is 12.1 Å². The van der Waals surface area contributed by atoms with E-state index in [0.717, 1.165) is 29.8 Å². The Hall–Kier alpha value is -1.88. The standard InChI is InChI=1S/C16H23N3O2/c1-10-6-11(2)15(12(3)7-10)19-14(20)9-18-16(21)13-4-5-17-8-13/h6-7,13,17H,4-5,8-9H2,1-3H3,(H,18,21)(H,19,20). The highest BCUT2D eigenvalue weighted by Gasteiger charge is 2.22. The van der Waals surface area contributed by atoms with Gasteiger partial charge in [-0.25, -0.2) is 0 Å². The molecule has 0 aliphatic carbocycles. The SMILES string of the molecule is Cc1cc(C)c(NC(=O)CNC(=O)C2CCNC2)c(C)c1. The predicted molar refractivity (Wildman–Crippen MR) is 83.3 cm³/mol. The third kappa shape index (κ3) is 4.04. The van der Waals surface area contributed by atoms with E-state index < -0.39 is 0 Å². The Morgan fingerprint density at radius 3 is 2.48 bits per heavy atom. The van der Waals surface area contributed by atoms with E-state index in [1.165, 1.54) is 5.56 Å². The van der Waals surface area contributed by atoms with Crippen LogP contribution in [-0.2, 0) is 9.59 Å². The summed E-state index contributed by atoms with van der Waals surface area (Å²) in [4.78, 5) is 23.8. The number of carbonyl (C=O) groups is 2. The number of amides is 2. The van der Waals surface area contributed by atoms with Gasteiger partial charge in [-0.15, -0.1) is 0 Å². The van der Waals surface area contributed by atoms with Crippen molar-refractivity contribution >= 4 is 17.5 Å². The number of hydrogen-bond acceptors (Lipinski definition) is 3. The Labute approximate surface area is 125 Å². The van der Waals surface area contributed by atoms with E-state index >= 15 is 0 Å². The van der Waals surface area contributed by atoms with Crippen molar-refractivity contribution in [2.24, 2.45) is 5.92 Å². The highest BCUT2D eigenvalue weighted by atomic mass is 16.2. The summed E-state index contributed by atoms with van der Waals surface area (Å²) in [7, 11) is 0. The van der Waals surface area contributed by atoms with Gasteiger partial charge in [0.2, 0.25) is 11.8 Å². The highest BCUT2D eigenvalue weighted by molar-refractivity contribution is 5.96. The minimum atomic E-state index is -0.190. The molecule has 0 radical (unpaired) electrons. The van der Waals surface area contributed by atoms with Crippen molar-refractivity contribution in [3.63, 3.8) is 0 Å². The number of aryl methyl sites for hydroxylation is 3. The Bertz CT molecular complexity index is 525. The monoisotopic (exact) mass is 289 g/mol. The van der Waals surface area contributed by atoms with Crippen molar-refractivity contribution in [2.75, 3.05) is 25.0 Å². The Morgan fingerprint density at radius 2 is 1.90 bits per heavy atom. The maximum Gasteiger partial charge on any atom is 0.243 e. The Kier molecular flexibility index (Phi) is 4.96. The fraction of sp³-hybridized carbons (Fsp3) is 0.500. The lowest BCUT2D eigenvalue weighted by molar-refractivity contribution is -0.126. The lowest BCUT2D eigenvalue weighted by atomic mass is 10.1. The summed E-state index contributed by atoms with van der Waals surface area (Å²) in [5, 5.41) is 8.73. The van der Waals surface area contributed by atoms with Crippen LogP contribution in [-0.4, -0.2) is 31.4 Å². The first-order valence-corrected chi connectivity index (χ1v) is 7.33. The van der Waals surface area contributed by atoms with Crippen LogP contribution in [0.3, 0.4) is 0 Å². The van der Waals surface area contributed by atoms with E-state index in [0.29, 0.717) is 6.54 Å². The molecule has 0 aromatic heterocycles. The molecule has 1 saturated heterocycles. The largest absolute Gasteiger partial charge is 0.347 e. The van der Waals surface area contributed by atoms with Crippen LogP contribution in [0.4, 0.5) is 5.69 Å². The summed E-state index contributed by atoms with van der Waals surface area (Å²) in [5.41, 5.74) is 4.08. The smallest absolute Gasteiger partial charge is 0.243 e. The first-order chi connectivity index (χ1) is 9.97. The van der Waals surface area contributed by atoms with Crippen LogP contribution >= 0.6 is 0 Å². The topological polar surface area (TPSA) is 70.2 Å². The number of anilines is 1. The van der Waals surface area contributed by atoms with E-state index in [4.69, 9.17) is 0 Å². The molecule has 1 aliphatic heterocycles. The van der Waals surface area contributed by atoms with E-state index in [2.05, 4.69) is 16.0 Å². The molecule has 3 N–H and O–H groups in total. The van der Waals surface area contributed by atoms with Gasteiger partial charge in [-0.05, 0) is 44.9 Å². The maximum atomic E-state index is 12.0. The molecule has 2 rings (SSSR count). The summed E-state index contributed by atoms with van der Waals surface area (Å²) in [5.74, 6) is -0.252. The molecule has 5 heteroatoms. The molecule has 1 aliphatic rings.